The monoisotopic (exact) mass is 264 g/mol. The fourth-order valence-corrected chi connectivity index (χ4v) is 2.60. The average molecular weight is 264 g/mol. The summed E-state index contributed by atoms with van der Waals surface area (Å²) in [6.07, 6.45) is 0. The van der Waals surface area contributed by atoms with E-state index in [1.165, 1.54) is 6.07 Å². The average Bonchev–Trinajstić information content (AvgIpc) is 2.94. The van der Waals surface area contributed by atoms with E-state index in [4.69, 9.17) is 5.73 Å². The highest BCUT2D eigenvalue weighted by Gasteiger charge is 2.32. The second-order valence-electron chi connectivity index (χ2n) is 4.61. The summed E-state index contributed by atoms with van der Waals surface area (Å²) >= 11 is 0. The topological polar surface area (TPSA) is 102 Å². The minimum atomic E-state index is -0.228. The van der Waals surface area contributed by atoms with Crippen LogP contribution in [0.5, 0.6) is 0 Å². The number of hydrogen-bond donors (Lipinski definition) is 2. The fraction of sp³-hybridized carbons (Fsp3) is 0. The Balaban J connectivity index is 2.16. The lowest BCUT2D eigenvalue weighted by atomic mass is 9.83. The molecule has 0 saturated heterocycles. The molecule has 0 aliphatic heterocycles. The second kappa shape index (κ2) is 3.51. The Morgan fingerprint density at radius 3 is 2.30 bits per heavy atom. The Morgan fingerprint density at radius 1 is 0.900 bits per heavy atom. The van der Waals surface area contributed by atoms with E-state index in [9.17, 15) is 9.59 Å². The molecule has 2 aromatic carbocycles. The molecule has 96 valence electrons. The number of anilines is 1. The van der Waals surface area contributed by atoms with Crippen molar-refractivity contribution in [1.82, 2.24) is 15.4 Å². The second-order valence-corrected chi connectivity index (χ2v) is 4.61. The van der Waals surface area contributed by atoms with Gasteiger partial charge < -0.3 is 5.73 Å². The van der Waals surface area contributed by atoms with Crippen molar-refractivity contribution in [2.24, 2.45) is 0 Å². The Kier molecular flexibility index (Phi) is 1.90. The lowest BCUT2D eigenvalue weighted by Crippen LogP contribution is -2.21. The van der Waals surface area contributed by atoms with Crippen LogP contribution < -0.4 is 5.73 Å². The molecule has 0 unspecified atom stereocenters. The number of benzene rings is 2. The van der Waals surface area contributed by atoms with E-state index in [2.05, 4.69) is 15.4 Å². The van der Waals surface area contributed by atoms with Gasteiger partial charge in [0.25, 0.3) is 0 Å². The summed E-state index contributed by atoms with van der Waals surface area (Å²) in [6.45, 7) is 0. The summed E-state index contributed by atoms with van der Waals surface area (Å²) in [5.41, 5.74) is 8.28. The molecule has 0 amide bonds. The van der Waals surface area contributed by atoms with Crippen LogP contribution in [-0.2, 0) is 0 Å². The van der Waals surface area contributed by atoms with Crippen LogP contribution in [0, 0.1) is 0 Å². The first-order valence-corrected chi connectivity index (χ1v) is 6.00. The molecule has 6 heteroatoms. The molecule has 1 heterocycles. The molecule has 0 bridgehead atoms. The Labute approximate surface area is 112 Å². The molecule has 0 atom stereocenters. The maximum absolute atomic E-state index is 12.6. The summed E-state index contributed by atoms with van der Waals surface area (Å²) < 4.78 is 0. The first-order valence-electron chi connectivity index (χ1n) is 6.00. The van der Waals surface area contributed by atoms with Gasteiger partial charge in [-0.05, 0) is 6.07 Å². The van der Waals surface area contributed by atoms with Crippen molar-refractivity contribution in [3.8, 4) is 0 Å². The van der Waals surface area contributed by atoms with Gasteiger partial charge in [0.05, 0.1) is 11.3 Å². The Morgan fingerprint density at radius 2 is 1.55 bits per heavy atom. The zero-order chi connectivity index (χ0) is 13.9. The van der Waals surface area contributed by atoms with Crippen LogP contribution in [0.3, 0.4) is 0 Å². The van der Waals surface area contributed by atoms with Gasteiger partial charge in [-0.25, -0.2) is 0 Å². The van der Waals surface area contributed by atoms with E-state index in [1.54, 1.807) is 24.3 Å². The Bertz CT molecular complexity index is 911. The molecule has 0 fully saturated rings. The third-order valence-electron chi connectivity index (χ3n) is 3.52. The van der Waals surface area contributed by atoms with Crippen LogP contribution in [0.4, 0.5) is 5.69 Å². The molecular formula is C14H8N4O2. The molecule has 0 spiro atoms. The number of carbonyl (C=O) groups is 2. The van der Waals surface area contributed by atoms with Crippen LogP contribution in [0.2, 0.25) is 0 Å². The van der Waals surface area contributed by atoms with Crippen molar-refractivity contribution in [3.63, 3.8) is 0 Å². The molecule has 20 heavy (non-hydrogen) atoms. The van der Waals surface area contributed by atoms with E-state index in [0.717, 1.165) is 0 Å². The molecule has 6 nitrogen and oxygen atoms in total. The smallest absolute Gasteiger partial charge is 0.196 e. The summed E-state index contributed by atoms with van der Waals surface area (Å²) in [5.74, 6) is -0.444. The maximum Gasteiger partial charge on any atom is 0.196 e. The van der Waals surface area contributed by atoms with Crippen molar-refractivity contribution in [2.45, 2.75) is 0 Å². The van der Waals surface area contributed by atoms with Gasteiger partial charge in [-0.15, -0.1) is 0 Å². The van der Waals surface area contributed by atoms with Crippen molar-refractivity contribution < 1.29 is 9.59 Å². The quantitative estimate of drug-likeness (QED) is 0.466. The van der Waals surface area contributed by atoms with Gasteiger partial charge in [0.2, 0.25) is 0 Å². The number of nitrogens with one attached hydrogen (secondary N) is 1. The predicted molar refractivity (Wildman–Crippen MR) is 71.6 cm³/mol. The summed E-state index contributed by atoms with van der Waals surface area (Å²) in [4.78, 5) is 25.1. The normalized spacial score (nSPS) is 13.4. The third kappa shape index (κ3) is 1.17. The number of H-pyrrole nitrogens is 1. The van der Waals surface area contributed by atoms with E-state index in [-0.39, 0.29) is 22.7 Å². The first-order chi connectivity index (χ1) is 9.68. The van der Waals surface area contributed by atoms with Crippen molar-refractivity contribution in [2.75, 3.05) is 5.73 Å². The number of rotatable bonds is 0. The molecule has 3 N–H and O–H groups in total. The predicted octanol–water partition coefficient (Wildman–Crippen LogP) is 1.32. The summed E-state index contributed by atoms with van der Waals surface area (Å²) in [6, 6.07) is 8.23. The summed E-state index contributed by atoms with van der Waals surface area (Å²) in [7, 11) is 0. The van der Waals surface area contributed by atoms with Crippen LogP contribution >= 0.6 is 0 Å². The van der Waals surface area contributed by atoms with Crippen LogP contribution in [0.1, 0.15) is 31.8 Å². The van der Waals surface area contributed by atoms with E-state index in [0.29, 0.717) is 27.8 Å². The lowest BCUT2D eigenvalue weighted by molar-refractivity contribution is 0.0980. The molecular weight excluding hydrogens is 256 g/mol. The minimum absolute atomic E-state index is 0.216. The van der Waals surface area contributed by atoms with Crippen LogP contribution in [0.15, 0.2) is 30.3 Å². The van der Waals surface area contributed by atoms with Gasteiger partial charge in [0.15, 0.2) is 11.6 Å². The maximum atomic E-state index is 12.6. The SMILES string of the molecule is Nc1cc2c(c3n[nH]nc13)C(=O)c1ccccc1C2=O. The van der Waals surface area contributed by atoms with Gasteiger partial charge in [-0.1, -0.05) is 24.3 Å². The van der Waals surface area contributed by atoms with E-state index in [1.807, 2.05) is 0 Å². The van der Waals surface area contributed by atoms with Crippen molar-refractivity contribution >= 4 is 28.3 Å². The van der Waals surface area contributed by atoms with E-state index < -0.39 is 0 Å². The molecule has 0 saturated carbocycles. The Hall–Kier alpha value is -3.02. The highest BCUT2D eigenvalue weighted by atomic mass is 16.1. The number of nitrogens with zero attached hydrogens (tertiary/aromatic N) is 2. The number of aromatic amines is 1. The van der Waals surface area contributed by atoms with Gasteiger partial charge >= 0.3 is 0 Å². The van der Waals surface area contributed by atoms with Gasteiger partial charge in [-0.2, -0.15) is 15.4 Å². The number of aromatic nitrogens is 3. The third-order valence-corrected chi connectivity index (χ3v) is 3.52. The zero-order valence-corrected chi connectivity index (χ0v) is 10.2. The number of hydrogen-bond acceptors (Lipinski definition) is 5. The highest BCUT2D eigenvalue weighted by Crippen LogP contribution is 2.33. The van der Waals surface area contributed by atoms with Crippen molar-refractivity contribution in [3.05, 3.63) is 52.6 Å². The number of carbonyl (C=O) groups excluding carboxylic acids is 2. The van der Waals surface area contributed by atoms with Crippen molar-refractivity contribution in [1.29, 1.82) is 0 Å². The molecule has 0 radical (unpaired) electrons. The number of fused-ring (bicyclic) bond motifs is 4. The minimum Gasteiger partial charge on any atom is -0.397 e. The number of nitrogen functional groups attached to an aromatic ring is 1. The summed E-state index contributed by atoms with van der Waals surface area (Å²) in [5, 5.41) is 10.3. The van der Waals surface area contributed by atoms with Gasteiger partial charge in [-0.3, -0.25) is 9.59 Å². The lowest BCUT2D eigenvalue weighted by Gasteiger charge is -2.17. The first kappa shape index (κ1) is 10.9. The molecule has 3 aromatic rings. The fourth-order valence-electron chi connectivity index (χ4n) is 2.60. The van der Waals surface area contributed by atoms with Crippen LogP contribution in [-0.4, -0.2) is 27.0 Å². The molecule has 1 aliphatic rings. The molecule has 1 aromatic heterocycles. The van der Waals surface area contributed by atoms with E-state index >= 15 is 0 Å². The highest BCUT2D eigenvalue weighted by molar-refractivity contribution is 6.32. The molecule has 1 aliphatic carbocycles. The van der Waals surface area contributed by atoms with Gasteiger partial charge in [0, 0.05) is 16.7 Å². The largest absolute Gasteiger partial charge is 0.397 e. The molecule has 4 rings (SSSR count). The standard InChI is InChI=1S/C14H8N4O2/c15-9-5-8-10(12-11(9)16-18-17-12)14(20)7-4-2-1-3-6(7)13(8)19/h1-5H,15H2,(H,16,17,18). The number of nitrogens with two attached hydrogens (primary N) is 1. The van der Waals surface area contributed by atoms with Crippen LogP contribution in [0.25, 0.3) is 11.0 Å². The zero-order valence-electron chi connectivity index (χ0n) is 10.2. The number of ketones is 2. The van der Waals surface area contributed by atoms with Gasteiger partial charge in [0.1, 0.15) is 11.0 Å².